The van der Waals surface area contributed by atoms with Gasteiger partial charge in [0.15, 0.2) is 5.79 Å². The largest absolute Gasteiger partial charge is 0.386 e. The van der Waals surface area contributed by atoms with Crippen molar-refractivity contribution in [3.63, 3.8) is 0 Å². The summed E-state index contributed by atoms with van der Waals surface area (Å²) >= 11 is 0. The van der Waals surface area contributed by atoms with Gasteiger partial charge < -0.3 is 14.6 Å². The molecule has 32 heavy (non-hydrogen) atoms. The van der Waals surface area contributed by atoms with Crippen LogP contribution in [0.3, 0.4) is 0 Å². The Bertz CT molecular complexity index is 900. The van der Waals surface area contributed by atoms with Crippen molar-refractivity contribution < 1.29 is 24.2 Å². The molecule has 1 spiro atoms. The minimum atomic E-state index is -1.19. The van der Waals surface area contributed by atoms with E-state index >= 15 is 0 Å². The molecule has 6 aliphatic rings. The fourth-order valence-electron chi connectivity index (χ4n) is 9.12. The van der Waals surface area contributed by atoms with E-state index in [1.807, 2.05) is 6.92 Å². The van der Waals surface area contributed by atoms with Gasteiger partial charge in [-0.25, -0.2) is 0 Å². The van der Waals surface area contributed by atoms with Gasteiger partial charge in [0, 0.05) is 31.6 Å². The molecule has 6 rings (SSSR count). The number of carbonyl (C=O) groups is 2. The van der Waals surface area contributed by atoms with Gasteiger partial charge >= 0.3 is 0 Å². The van der Waals surface area contributed by atoms with Crippen molar-refractivity contribution in [3.8, 4) is 0 Å². The van der Waals surface area contributed by atoms with Crippen molar-refractivity contribution in [2.45, 2.75) is 96.6 Å². The van der Waals surface area contributed by atoms with Gasteiger partial charge in [0.1, 0.15) is 17.2 Å². The Labute approximate surface area is 191 Å². The second kappa shape index (κ2) is 6.55. The third-order valence-electron chi connectivity index (χ3n) is 11.3. The van der Waals surface area contributed by atoms with Crippen LogP contribution in [0.5, 0.6) is 0 Å². The van der Waals surface area contributed by atoms with Gasteiger partial charge in [-0.3, -0.25) is 9.59 Å². The van der Waals surface area contributed by atoms with Crippen LogP contribution in [0.1, 0.15) is 79.1 Å². The fourth-order valence-corrected chi connectivity index (χ4v) is 9.12. The van der Waals surface area contributed by atoms with Crippen LogP contribution < -0.4 is 0 Å². The minimum Gasteiger partial charge on any atom is -0.386 e. The molecule has 5 fully saturated rings. The Kier molecular flexibility index (Phi) is 4.40. The average molecular weight is 443 g/mol. The van der Waals surface area contributed by atoms with Crippen LogP contribution in [-0.4, -0.2) is 40.8 Å². The summed E-state index contributed by atoms with van der Waals surface area (Å²) in [6.45, 7) is 9.21. The maximum atomic E-state index is 14.0. The van der Waals surface area contributed by atoms with Crippen molar-refractivity contribution >= 4 is 11.6 Å². The molecule has 5 heteroatoms. The highest BCUT2D eigenvalue weighted by atomic mass is 16.7. The number of ether oxygens (including phenoxy) is 2. The molecular formula is C27H38O5. The molecule has 1 N–H and O–H groups in total. The van der Waals surface area contributed by atoms with E-state index in [2.05, 4.69) is 26.8 Å². The zero-order valence-corrected chi connectivity index (χ0v) is 20.0. The van der Waals surface area contributed by atoms with Gasteiger partial charge in [-0.15, -0.1) is 0 Å². The summed E-state index contributed by atoms with van der Waals surface area (Å²) in [5.41, 5.74) is -0.796. The zero-order chi connectivity index (χ0) is 22.7. The quantitative estimate of drug-likeness (QED) is 0.569. The number of hydrogen-bond donors (Lipinski definition) is 1. The first-order valence-electron chi connectivity index (χ1n) is 12.8. The maximum absolute atomic E-state index is 14.0. The zero-order valence-electron chi connectivity index (χ0n) is 20.0. The number of Topliss-reactive ketones (excluding diaryl/α,β-unsaturated/α-hetero) is 2. The summed E-state index contributed by atoms with van der Waals surface area (Å²) in [5, 5.41) is 12.3. The van der Waals surface area contributed by atoms with Gasteiger partial charge in [-0.2, -0.15) is 0 Å². The minimum absolute atomic E-state index is 0.0650. The highest BCUT2D eigenvalue weighted by Gasteiger charge is 2.78. The molecule has 176 valence electrons. The molecule has 0 amide bonds. The van der Waals surface area contributed by atoms with Crippen LogP contribution in [-0.2, 0) is 19.1 Å². The first kappa shape index (κ1) is 21.5. The molecule has 0 radical (unpaired) electrons. The average Bonchev–Trinajstić information content (AvgIpc) is 3.11. The first-order valence-corrected chi connectivity index (χ1v) is 12.8. The summed E-state index contributed by atoms with van der Waals surface area (Å²) in [7, 11) is 0. The summed E-state index contributed by atoms with van der Waals surface area (Å²) in [6, 6.07) is 0. The molecule has 2 saturated heterocycles. The third-order valence-corrected chi connectivity index (χ3v) is 11.3. The van der Waals surface area contributed by atoms with Gasteiger partial charge in [-0.1, -0.05) is 32.4 Å². The SMILES string of the molecule is C[C@H]1CC[C@]2(OC1)O[C@H]1C[C@H]3[C@H]4CC=C5CC(=O)CC[C@]5(C)[C@@H]4CC(=O)[C@]3(C)[C@]1(O)[C@H]2C. The summed E-state index contributed by atoms with van der Waals surface area (Å²) in [5.74, 6) is 0.764. The molecule has 5 nitrogen and oxygen atoms in total. The second-order valence-electron chi connectivity index (χ2n) is 12.5. The van der Waals surface area contributed by atoms with Gasteiger partial charge in [-0.05, 0) is 61.7 Å². The van der Waals surface area contributed by atoms with Gasteiger partial charge in [0.25, 0.3) is 0 Å². The Morgan fingerprint density at radius 2 is 1.91 bits per heavy atom. The summed E-state index contributed by atoms with van der Waals surface area (Å²) < 4.78 is 12.9. The van der Waals surface area contributed by atoms with E-state index in [1.165, 1.54) is 5.57 Å². The lowest BCUT2D eigenvalue weighted by atomic mass is 9.46. The van der Waals surface area contributed by atoms with Crippen molar-refractivity contribution in [2.75, 3.05) is 6.61 Å². The van der Waals surface area contributed by atoms with Crippen LogP contribution in [0.2, 0.25) is 0 Å². The van der Waals surface area contributed by atoms with Crippen LogP contribution in [0.15, 0.2) is 11.6 Å². The van der Waals surface area contributed by atoms with Crippen molar-refractivity contribution in [1.82, 2.24) is 0 Å². The molecule has 0 unspecified atom stereocenters. The maximum Gasteiger partial charge on any atom is 0.174 e. The third kappa shape index (κ3) is 2.36. The van der Waals surface area contributed by atoms with E-state index in [-0.39, 0.29) is 35.1 Å². The lowest BCUT2D eigenvalue weighted by Gasteiger charge is -2.58. The van der Waals surface area contributed by atoms with E-state index in [1.54, 1.807) is 0 Å². The van der Waals surface area contributed by atoms with Crippen molar-refractivity contribution in [1.29, 1.82) is 0 Å². The Balaban J connectivity index is 1.37. The normalized spacial score (nSPS) is 57.0. The highest BCUT2D eigenvalue weighted by molar-refractivity contribution is 5.89. The molecule has 2 aliphatic heterocycles. The number of aliphatic hydroxyl groups is 1. The van der Waals surface area contributed by atoms with E-state index in [0.717, 1.165) is 32.1 Å². The molecule has 0 bridgehead atoms. The molecule has 0 aromatic carbocycles. The number of fused-ring (bicyclic) bond motifs is 7. The fraction of sp³-hybridized carbons (Fsp3) is 0.852. The Morgan fingerprint density at radius 3 is 2.62 bits per heavy atom. The lowest BCUT2D eigenvalue weighted by Crippen LogP contribution is -2.63. The molecule has 3 saturated carbocycles. The molecule has 0 aromatic heterocycles. The molecule has 10 atom stereocenters. The van der Waals surface area contributed by atoms with Crippen LogP contribution in [0.25, 0.3) is 0 Å². The molecular weight excluding hydrogens is 404 g/mol. The predicted octanol–water partition coefficient (Wildman–Crippen LogP) is 4.22. The molecule has 2 heterocycles. The standard InChI is InChI=1S/C27H38O5/c1-15-7-10-26(31-14-15)16(2)27(30)23(32-26)13-21-19-6-5-17-11-18(28)8-9-24(17,3)20(19)12-22(29)25(21,27)4/h5,15-16,19-21,23,30H,6-14H2,1-4H3/t15-,16-,19-,20+,21-,23-,24-,25+,26-,27-/m0/s1. The van der Waals surface area contributed by atoms with Crippen molar-refractivity contribution in [2.24, 2.45) is 40.4 Å². The van der Waals surface area contributed by atoms with E-state index < -0.39 is 16.8 Å². The smallest absolute Gasteiger partial charge is 0.174 e. The lowest BCUT2D eigenvalue weighted by molar-refractivity contribution is -0.273. The predicted molar refractivity (Wildman–Crippen MR) is 119 cm³/mol. The second-order valence-corrected chi connectivity index (χ2v) is 12.5. The monoisotopic (exact) mass is 442 g/mol. The summed E-state index contributed by atoms with van der Waals surface area (Å²) in [4.78, 5) is 26.1. The molecule has 4 aliphatic carbocycles. The number of allylic oxidation sites excluding steroid dienone is 2. The molecule has 0 aromatic rings. The van der Waals surface area contributed by atoms with Gasteiger partial charge in [0.2, 0.25) is 0 Å². The van der Waals surface area contributed by atoms with Crippen LogP contribution >= 0.6 is 0 Å². The number of hydrogen-bond acceptors (Lipinski definition) is 5. The van der Waals surface area contributed by atoms with Gasteiger partial charge in [0.05, 0.1) is 18.1 Å². The van der Waals surface area contributed by atoms with E-state index in [9.17, 15) is 14.7 Å². The topological polar surface area (TPSA) is 72.8 Å². The number of carbonyl (C=O) groups excluding carboxylic acids is 2. The van der Waals surface area contributed by atoms with Crippen LogP contribution in [0.4, 0.5) is 0 Å². The van der Waals surface area contributed by atoms with E-state index in [4.69, 9.17) is 9.47 Å². The Morgan fingerprint density at radius 1 is 1.12 bits per heavy atom. The van der Waals surface area contributed by atoms with Crippen LogP contribution in [0, 0.1) is 40.4 Å². The first-order chi connectivity index (χ1) is 15.1. The van der Waals surface area contributed by atoms with E-state index in [0.29, 0.717) is 43.5 Å². The number of ketones is 2. The number of rotatable bonds is 0. The summed E-state index contributed by atoms with van der Waals surface area (Å²) in [6.07, 6.45) is 7.94. The Hall–Kier alpha value is -1.04. The van der Waals surface area contributed by atoms with Crippen molar-refractivity contribution in [3.05, 3.63) is 11.6 Å². The highest BCUT2D eigenvalue weighted by Crippen LogP contribution is 2.70.